The van der Waals surface area contributed by atoms with E-state index in [9.17, 15) is 9.18 Å². The highest BCUT2D eigenvalue weighted by atomic mass is 19.1. The number of fused-ring (bicyclic) bond motifs is 1. The van der Waals surface area contributed by atoms with Gasteiger partial charge in [-0.1, -0.05) is 12.1 Å². The number of hydrogen-bond donors (Lipinski definition) is 0. The topological polar surface area (TPSA) is 26.3 Å². The second kappa shape index (κ2) is 4.26. The summed E-state index contributed by atoms with van der Waals surface area (Å²) in [6.07, 6.45) is 1.56. The Morgan fingerprint density at radius 1 is 1.17 bits per heavy atom. The van der Waals surface area contributed by atoms with Gasteiger partial charge in [-0.2, -0.15) is 0 Å². The lowest BCUT2D eigenvalue weighted by Crippen LogP contribution is -1.90. The summed E-state index contributed by atoms with van der Waals surface area (Å²) in [4.78, 5) is 11.0. The molecule has 0 saturated carbocycles. The Morgan fingerprint density at radius 3 is 2.89 bits per heavy atom. The van der Waals surface area contributed by atoms with E-state index in [0.717, 1.165) is 28.9 Å². The molecule has 90 valence electrons. The fourth-order valence-electron chi connectivity index (χ4n) is 2.25. The van der Waals surface area contributed by atoms with Crippen molar-refractivity contribution in [2.24, 2.45) is 0 Å². The van der Waals surface area contributed by atoms with Crippen molar-refractivity contribution < 1.29 is 13.9 Å². The van der Waals surface area contributed by atoms with Gasteiger partial charge in [-0.3, -0.25) is 4.79 Å². The summed E-state index contributed by atoms with van der Waals surface area (Å²) >= 11 is 0. The average molecular weight is 242 g/mol. The van der Waals surface area contributed by atoms with Crippen molar-refractivity contribution in [3.63, 3.8) is 0 Å². The third-order valence-corrected chi connectivity index (χ3v) is 3.14. The van der Waals surface area contributed by atoms with E-state index in [1.807, 2.05) is 18.2 Å². The molecule has 0 saturated heterocycles. The molecule has 1 aliphatic rings. The summed E-state index contributed by atoms with van der Waals surface area (Å²) in [5, 5.41) is 0. The number of carbonyl (C=O) groups excluding carboxylic acids is 1. The maximum Gasteiger partial charge on any atom is 0.150 e. The van der Waals surface area contributed by atoms with Crippen LogP contribution < -0.4 is 4.74 Å². The van der Waals surface area contributed by atoms with Crippen LogP contribution in [0.4, 0.5) is 4.39 Å². The molecule has 2 nitrogen and oxygen atoms in total. The minimum absolute atomic E-state index is 0.369. The molecule has 2 aromatic rings. The molecule has 0 spiro atoms. The van der Waals surface area contributed by atoms with Crippen LogP contribution in [-0.4, -0.2) is 12.9 Å². The van der Waals surface area contributed by atoms with E-state index in [2.05, 4.69) is 0 Å². The van der Waals surface area contributed by atoms with E-state index in [1.165, 1.54) is 12.1 Å². The van der Waals surface area contributed by atoms with Crippen molar-refractivity contribution in [3.05, 3.63) is 53.3 Å². The zero-order valence-electron chi connectivity index (χ0n) is 9.65. The Labute approximate surface area is 104 Å². The number of halogens is 1. The molecule has 18 heavy (non-hydrogen) atoms. The van der Waals surface area contributed by atoms with Gasteiger partial charge in [-0.25, -0.2) is 4.39 Å². The minimum atomic E-state index is -0.398. The van der Waals surface area contributed by atoms with Gasteiger partial charge in [0.05, 0.1) is 6.61 Å². The lowest BCUT2D eigenvalue weighted by molar-refractivity contribution is 0.112. The number of aldehydes is 1. The van der Waals surface area contributed by atoms with E-state index >= 15 is 0 Å². The first-order valence-electron chi connectivity index (χ1n) is 5.79. The average Bonchev–Trinajstić information content (AvgIpc) is 2.85. The number of ether oxygens (including phenoxy) is 1. The van der Waals surface area contributed by atoms with Gasteiger partial charge in [0.25, 0.3) is 0 Å². The summed E-state index contributed by atoms with van der Waals surface area (Å²) in [7, 11) is 0. The van der Waals surface area contributed by atoms with Gasteiger partial charge in [0.1, 0.15) is 11.6 Å². The summed E-state index contributed by atoms with van der Waals surface area (Å²) in [6.45, 7) is 0.697. The van der Waals surface area contributed by atoms with Crippen LogP contribution in [0.15, 0.2) is 36.4 Å². The Kier molecular flexibility index (Phi) is 2.59. The number of benzene rings is 2. The maximum atomic E-state index is 13.1. The highest BCUT2D eigenvalue weighted by Gasteiger charge is 2.14. The van der Waals surface area contributed by atoms with E-state index in [-0.39, 0.29) is 0 Å². The molecule has 0 N–H and O–H groups in total. The highest BCUT2D eigenvalue weighted by molar-refractivity contribution is 5.87. The molecular formula is C15H11FO2. The van der Waals surface area contributed by atoms with E-state index < -0.39 is 5.82 Å². The summed E-state index contributed by atoms with van der Waals surface area (Å²) in [6, 6.07) is 10.1. The summed E-state index contributed by atoms with van der Waals surface area (Å²) < 4.78 is 18.5. The van der Waals surface area contributed by atoms with E-state index in [1.54, 1.807) is 6.07 Å². The van der Waals surface area contributed by atoms with Crippen LogP contribution in [0.25, 0.3) is 11.1 Å². The minimum Gasteiger partial charge on any atom is -0.493 e. The van der Waals surface area contributed by atoms with Gasteiger partial charge >= 0.3 is 0 Å². The van der Waals surface area contributed by atoms with Crippen LogP contribution in [0.5, 0.6) is 5.75 Å². The molecule has 0 bridgehead atoms. The fourth-order valence-corrected chi connectivity index (χ4v) is 2.25. The van der Waals surface area contributed by atoms with Crippen molar-refractivity contribution in [3.8, 4) is 16.9 Å². The second-order valence-electron chi connectivity index (χ2n) is 4.27. The van der Waals surface area contributed by atoms with Gasteiger partial charge in [-0.15, -0.1) is 0 Å². The van der Waals surface area contributed by atoms with Crippen LogP contribution in [-0.2, 0) is 6.42 Å². The van der Waals surface area contributed by atoms with Crippen molar-refractivity contribution in [1.29, 1.82) is 0 Å². The Morgan fingerprint density at radius 2 is 2.06 bits per heavy atom. The predicted molar refractivity (Wildman–Crippen MR) is 66.4 cm³/mol. The molecule has 1 aliphatic heterocycles. The first kappa shape index (κ1) is 11.0. The van der Waals surface area contributed by atoms with E-state index in [4.69, 9.17) is 4.74 Å². The highest BCUT2D eigenvalue weighted by Crippen LogP contribution is 2.31. The lowest BCUT2D eigenvalue weighted by Gasteiger charge is -2.07. The normalized spacial score (nSPS) is 12.9. The predicted octanol–water partition coefficient (Wildman–Crippen LogP) is 3.24. The molecule has 0 fully saturated rings. The SMILES string of the molecule is O=Cc1cc(F)ccc1-c1ccc2c(c1)CCO2. The monoisotopic (exact) mass is 242 g/mol. The quantitative estimate of drug-likeness (QED) is 0.756. The van der Waals surface area contributed by atoms with Crippen LogP contribution in [0.3, 0.4) is 0 Å². The molecule has 0 atom stereocenters. The Hall–Kier alpha value is -2.16. The first-order valence-corrected chi connectivity index (χ1v) is 5.79. The fraction of sp³-hybridized carbons (Fsp3) is 0.133. The van der Waals surface area contributed by atoms with Gasteiger partial charge in [0.15, 0.2) is 6.29 Å². The first-order chi connectivity index (χ1) is 8.78. The van der Waals surface area contributed by atoms with Gasteiger partial charge in [-0.05, 0) is 41.0 Å². The molecule has 2 aromatic carbocycles. The largest absolute Gasteiger partial charge is 0.493 e. The lowest BCUT2D eigenvalue weighted by atomic mass is 9.98. The standard InChI is InChI=1S/C15H11FO2/c16-13-2-3-14(12(8-13)9-17)10-1-4-15-11(7-10)5-6-18-15/h1-4,7-9H,5-6H2. The molecule has 0 radical (unpaired) electrons. The van der Waals surface area contributed by atoms with Gasteiger partial charge < -0.3 is 4.74 Å². The van der Waals surface area contributed by atoms with E-state index in [0.29, 0.717) is 18.5 Å². The molecular weight excluding hydrogens is 231 g/mol. The molecule has 0 unspecified atom stereocenters. The molecule has 3 heteroatoms. The van der Waals surface area contributed by atoms with Crippen molar-refractivity contribution in [2.75, 3.05) is 6.61 Å². The number of rotatable bonds is 2. The molecule has 0 aliphatic carbocycles. The number of hydrogen-bond acceptors (Lipinski definition) is 2. The Bertz CT molecular complexity index is 620. The van der Waals surface area contributed by atoms with Crippen LogP contribution >= 0.6 is 0 Å². The van der Waals surface area contributed by atoms with Crippen LogP contribution in [0.2, 0.25) is 0 Å². The van der Waals surface area contributed by atoms with Crippen LogP contribution in [0, 0.1) is 5.82 Å². The van der Waals surface area contributed by atoms with Crippen LogP contribution in [0.1, 0.15) is 15.9 Å². The molecule has 1 heterocycles. The van der Waals surface area contributed by atoms with Gasteiger partial charge in [0, 0.05) is 12.0 Å². The zero-order chi connectivity index (χ0) is 12.5. The van der Waals surface area contributed by atoms with Crippen molar-refractivity contribution >= 4 is 6.29 Å². The summed E-state index contributed by atoms with van der Waals surface area (Å²) in [5.41, 5.74) is 3.17. The van der Waals surface area contributed by atoms with Gasteiger partial charge in [0.2, 0.25) is 0 Å². The third-order valence-electron chi connectivity index (χ3n) is 3.14. The second-order valence-corrected chi connectivity index (χ2v) is 4.27. The van der Waals surface area contributed by atoms with Crippen molar-refractivity contribution in [1.82, 2.24) is 0 Å². The zero-order valence-corrected chi connectivity index (χ0v) is 9.65. The molecule has 0 amide bonds. The summed E-state index contributed by atoms with van der Waals surface area (Å²) in [5.74, 6) is 0.499. The number of carbonyl (C=O) groups is 1. The maximum absolute atomic E-state index is 13.1. The molecule has 0 aromatic heterocycles. The third kappa shape index (κ3) is 1.78. The van der Waals surface area contributed by atoms with Crippen molar-refractivity contribution in [2.45, 2.75) is 6.42 Å². The molecule has 3 rings (SSSR count). The Balaban J connectivity index is 2.12. The smallest absolute Gasteiger partial charge is 0.150 e.